The maximum Gasteiger partial charge on any atom is 0.120 e. The summed E-state index contributed by atoms with van der Waals surface area (Å²) in [4.78, 5) is 0. The molecule has 3 aliphatic rings. The molecule has 2 saturated carbocycles. The van der Waals surface area contributed by atoms with E-state index in [9.17, 15) is 5.11 Å². The molecule has 5 rings (SSSR count). The lowest BCUT2D eigenvalue weighted by Crippen LogP contribution is -2.44. The highest BCUT2D eigenvalue weighted by molar-refractivity contribution is 5.41. The SMILES string of the molecule is C=CCCCCCCCC[C@H]1C[C@H]2[C@@H]3CCc4cc(OCc5ccccc5)ccc4[C@H]3CC[C@]2(C)[C@H]1O. The Hall–Kier alpha value is -2.06. The van der Waals surface area contributed by atoms with Crippen LogP contribution in [0.25, 0.3) is 0 Å². The van der Waals surface area contributed by atoms with Gasteiger partial charge in [0.1, 0.15) is 12.4 Å². The van der Waals surface area contributed by atoms with Crippen LogP contribution in [0.2, 0.25) is 0 Å². The molecule has 0 aliphatic heterocycles. The van der Waals surface area contributed by atoms with Gasteiger partial charge >= 0.3 is 0 Å². The van der Waals surface area contributed by atoms with Gasteiger partial charge in [-0.2, -0.15) is 0 Å². The monoisotopic (exact) mass is 500 g/mol. The van der Waals surface area contributed by atoms with E-state index in [1.165, 1.54) is 81.8 Å². The summed E-state index contributed by atoms with van der Waals surface area (Å²) in [6.45, 7) is 6.87. The molecule has 200 valence electrons. The lowest BCUT2D eigenvalue weighted by atomic mass is 9.55. The number of aliphatic hydroxyl groups is 1. The first kappa shape index (κ1) is 26.5. The second-order valence-corrected chi connectivity index (χ2v) is 12.5. The summed E-state index contributed by atoms with van der Waals surface area (Å²) in [7, 11) is 0. The number of fused-ring (bicyclic) bond motifs is 5. The summed E-state index contributed by atoms with van der Waals surface area (Å²) < 4.78 is 6.15. The fourth-order valence-corrected chi connectivity index (χ4v) is 8.22. The van der Waals surface area contributed by atoms with Crippen LogP contribution in [0.1, 0.15) is 107 Å². The van der Waals surface area contributed by atoms with Crippen LogP contribution in [0, 0.1) is 23.2 Å². The molecule has 2 fully saturated rings. The summed E-state index contributed by atoms with van der Waals surface area (Å²) in [5.41, 5.74) is 4.40. The van der Waals surface area contributed by atoms with E-state index in [-0.39, 0.29) is 11.5 Å². The average Bonchev–Trinajstić information content (AvgIpc) is 3.19. The highest BCUT2D eigenvalue weighted by Gasteiger charge is 2.57. The third-order valence-corrected chi connectivity index (χ3v) is 10.3. The van der Waals surface area contributed by atoms with Crippen LogP contribution in [0.5, 0.6) is 5.75 Å². The van der Waals surface area contributed by atoms with Gasteiger partial charge in [0.05, 0.1) is 6.10 Å². The van der Waals surface area contributed by atoms with E-state index < -0.39 is 0 Å². The molecule has 2 heteroatoms. The Balaban J connectivity index is 1.16. The third-order valence-electron chi connectivity index (χ3n) is 10.3. The molecule has 2 aromatic rings. The molecule has 0 aromatic heterocycles. The maximum absolute atomic E-state index is 11.5. The number of allylic oxidation sites excluding steroid dienone is 1. The summed E-state index contributed by atoms with van der Waals surface area (Å²) >= 11 is 0. The van der Waals surface area contributed by atoms with Gasteiger partial charge in [-0.15, -0.1) is 6.58 Å². The second kappa shape index (κ2) is 12.2. The molecule has 0 spiro atoms. The van der Waals surface area contributed by atoms with Gasteiger partial charge in [-0.25, -0.2) is 0 Å². The first-order valence-electron chi connectivity index (χ1n) is 15.2. The van der Waals surface area contributed by atoms with E-state index in [0.717, 1.165) is 24.5 Å². The fourth-order valence-electron chi connectivity index (χ4n) is 8.22. The van der Waals surface area contributed by atoms with Crippen LogP contribution < -0.4 is 4.74 Å². The number of aryl methyl sites for hydroxylation is 1. The molecule has 1 N–H and O–H groups in total. The van der Waals surface area contributed by atoms with Gasteiger partial charge in [-0.3, -0.25) is 0 Å². The molecule has 6 atom stereocenters. The Morgan fingerprint density at radius 1 is 1.00 bits per heavy atom. The molecule has 37 heavy (non-hydrogen) atoms. The smallest absolute Gasteiger partial charge is 0.120 e. The highest BCUT2D eigenvalue weighted by atomic mass is 16.5. The van der Waals surface area contributed by atoms with E-state index >= 15 is 0 Å². The average molecular weight is 501 g/mol. The third kappa shape index (κ3) is 5.85. The normalized spacial score (nSPS) is 30.3. The van der Waals surface area contributed by atoms with E-state index in [2.05, 4.69) is 56.0 Å². The molecule has 2 aromatic carbocycles. The lowest BCUT2D eigenvalue weighted by molar-refractivity contribution is -0.0335. The van der Waals surface area contributed by atoms with Crippen molar-refractivity contribution >= 4 is 0 Å². The minimum absolute atomic E-state index is 0.110. The van der Waals surface area contributed by atoms with Gasteiger partial charge in [0.25, 0.3) is 0 Å². The van der Waals surface area contributed by atoms with Crippen LogP contribution in [0.3, 0.4) is 0 Å². The molecule has 2 nitrogen and oxygen atoms in total. The number of aliphatic hydroxyl groups excluding tert-OH is 1. The van der Waals surface area contributed by atoms with Gasteiger partial charge in [0.2, 0.25) is 0 Å². The Kier molecular flexibility index (Phi) is 8.75. The summed E-state index contributed by atoms with van der Waals surface area (Å²) in [5, 5.41) is 11.5. The van der Waals surface area contributed by atoms with Crippen molar-refractivity contribution < 1.29 is 9.84 Å². The summed E-state index contributed by atoms with van der Waals surface area (Å²) in [5.74, 6) is 3.56. The summed E-state index contributed by atoms with van der Waals surface area (Å²) in [6.07, 6.45) is 18.3. The van der Waals surface area contributed by atoms with Crippen molar-refractivity contribution in [2.24, 2.45) is 23.2 Å². The number of unbranched alkanes of at least 4 members (excludes halogenated alkanes) is 6. The van der Waals surface area contributed by atoms with Gasteiger partial charge in [-0.05, 0) is 109 Å². The van der Waals surface area contributed by atoms with E-state index in [1.807, 2.05) is 12.1 Å². The Morgan fingerprint density at radius 2 is 1.78 bits per heavy atom. The van der Waals surface area contributed by atoms with Gasteiger partial charge in [0, 0.05) is 0 Å². The Bertz CT molecular complexity index is 1010. The molecule has 0 unspecified atom stereocenters. The molecule has 0 saturated heterocycles. The van der Waals surface area contributed by atoms with Crippen LogP contribution in [0.15, 0.2) is 61.2 Å². The Morgan fingerprint density at radius 3 is 2.59 bits per heavy atom. The number of hydrogen-bond donors (Lipinski definition) is 1. The van der Waals surface area contributed by atoms with Crippen molar-refractivity contribution in [1.29, 1.82) is 0 Å². The molecular weight excluding hydrogens is 452 g/mol. The topological polar surface area (TPSA) is 29.5 Å². The highest BCUT2D eigenvalue weighted by Crippen LogP contribution is 2.62. The first-order valence-corrected chi connectivity index (χ1v) is 15.2. The van der Waals surface area contributed by atoms with Crippen molar-refractivity contribution in [3.05, 3.63) is 77.9 Å². The zero-order valence-corrected chi connectivity index (χ0v) is 23.0. The molecule has 3 aliphatic carbocycles. The van der Waals surface area contributed by atoms with Crippen molar-refractivity contribution in [3.63, 3.8) is 0 Å². The molecular formula is C35H48O2. The number of hydrogen-bond acceptors (Lipinski definition) is 2. The number of ether oxygens (including phenoxy) is 1. The van der Waals surface area contributed by atoms with Crippen molar-refractivity contribution in [3.8, 4) is 5.75 Å². The van der Waals surface area contributed by atoms with Crippen LogP contribution in [0.4, 0.5) is 0 Å². The minimum atomic E-state index is -0.110. The zero-order chi connectivity index (χ0) is 25.7. The van der Waals surface area contributed by atoms with Gasteiger partial charge < -0.3 is 9.84 Å². The minimum Gasteiger partial charge on any atom is -0.489 e. The van der Waals surface area contributed by atoms with E-state index in [0.29, 0.717) is 24.4 Å². The van der Waals surface area contributed by atoms with Gasteiger partial charge in [0.15, 0.2) is 0 Å². The molecule has 0 bridgehead atoms. The van der Waals surface area contributed by atoms with Crippen LogP contribution >= 0.6 is 0 Å². The quantitative estimate of drug-likeness (QED) is 0.233. The molecule has 0 radical (unpaired) electrons. The predicted molar refractivity (Wildman–Crippen MR) is 154 cm³/mol. The summed E-state index contributed by atoms with van der Waals surface area (Å²) in [6, 6.07) is 17.3. The predicted octanol–water partition coefficient (Wildman–Crippen LogP) is 9.02. The van der Waals surface area contributed by atoms with Crippen molar-refractivity contribution in [2.45, 2.75) is 109 Å². The maximum atomic E-state index is 11.5. The van der Waals surface area contributed by atoms with E-state index in [4.69, 9.17) is 4.74 Å². The van der Waals surface area contributed by atoms with E-state index in [1.54, 1.807) is 5.56 Å². The number of rotatable bonds is 12. The molecule has 0 heterocycles. The van der Waals surface area contributed by atoms with Crippen molar-refractivity contribution in [2.75, 3.05) is 0 Å². The fraction of sp³-hybridized carbons (Fsp3) is 0.600. The molecule has 0 amide bonds. The van der Waals surface area contributed by atoms with Crippen LogP contribution in [-0.2, 0) is 13.0 Å². The standard InChI is InChI=1S/C35H48O2/c1-3-4-5-6-7-8-9-13-16-28-24-33-32-19-17-27-23-29(37-25-26-14-11-10-12-15-26)18-20-30(27)31(32)21-22-35(33,2)34(28)36/h3,10-12,14-15,18,20,23,28,31-34,36H,1,4-9,13,16-17,19,21-22,24-25H2,2H3/t28-,31+,32+,33-,34-,35-/m0/s1. The second-order valence-electron chi connectivity index (χ2n) is 12.5. The lowest BCUT2D eigenvalue weighted by Gasteiger charge is -2.50. The zero-order valence-electron chi connectivity index (χ0n) is 23.0. The number of benzene rings is 2. The Labute approximate surface area is 225 Å². The first-order chi connectivity index (χ1) is 18.1. The van der Waals surface area contributed by atoms with Crippen molar-refractivity contribution in [1.82, 2.24) is 0 Å². The van der Waals surface area contributed by atoms with Gasteiger partial charge in [-0.1, -0.05) is 81.5 Å². The largest absolute Gasteiger partial charge is 0.489 e. The van der Waals surface area contributed by atoms with Crippen LogP contribution in [-0.4, -0.2) is 11.2 Å².